The van der Waals surface area contributed by atoms with Gasteiger partial charge >= 0.3 is 0 Å². The molecule has 70 valence electrons. The fraction of sp³-hybridized carbons (Fsp3) is 0.222. The van der Waals surface area contributed by atoms with Crippen LogP contribution in [-0.4, -0.2) is 25.3 Å². The Hall–Kier alpha value is -1.45. The van der Waals surface area contributed by atoms with Crippen LogP contribution in [0.15, 0.2) is 23.2 Å². The molecule has 0 aromatic heterocycles. The molecule has 0 radical (unpaired) electrons. The number of halogens is 2. The van der Waals surface area contributed by atoms with E-state index in [0.717, 1.165) is 6.07 Å². The molecule has 0 amide bonds. The van der Waals surface area contributed by atoms with E-state index in [0.29, 0.717) is 0 Å². The Labute approximate surface area is 75.5 Å². The molecule has 13 heavy (non-hydrogen) atoms. The Bertz CT molecular complexity index is 321. The molecule has 0 saturated heterocycles. The van der Waals surface area contributed by atoms with Gasteiger partial charge in [-0.25, -0.2) is 13.8 Å². The van der Waals surface area contributed by atoms with Gasteiger partial charge in [0.25, 0.3) is 0 Å². The first-order valence-electron chi connectivity index (χ1n) is 3.75. The predicted molar refractivity (Wildman–Crippen MR) is 48.2 cm³/mol. The van der Waals surface area contributed by atoms with Crippen LogP contribution in [0.5, 0.6) is 0 Å². The Balaban J connectivity index is 2.90. The minimum absolute atomic E-state index is 0.134. The van der Waals surface area contributed by atoms with Crippen LogP contribution in [0, 0.1) is 11.6 Å². The number of rotatable bonds is 2. The van der Waals surface area contributed by atoms with Gasteiger partial charge in [0.15, 0.2) is 5.82 Å². The average molecular weight is 184 g/mol. The summed E-state index contributed by atoms with van der Waals surface area (Å²) in [4.78, 5) is 5.48. The van der Waals surface area contributed by atoms with Gasteiger partial charge in [0, 0.05) is 20.2 Å². The van der Waals surface area contributed by atoms with Crippen molar-refractivity contribution in [3.63, 3.8) is 0 Å². The maximum absolute atomic E-state index is 12.9. The molecule has 0 atom stereocenters. The second kappa shape index (κ2) is 3.98. The van der Waals surface area contributed by atoms with Crippen molar-refractivity contribution in [3.8, 4) is 0 Å². The van der Waals surface area contributed by atoms with Crippen LogP contribution >= 0.6 is 0 Å². The number of hydrogen-bond acceptors (Lipinski definition) is 1. The minimum Gasteiger partial charge on any atom is -0.369 e. The first kappa shape index (κ1) is 9.64. The number of aliphatic imine (C=N–C) groups is 1. The van der Waals surface area contributed by atoms with E-state index in [1.54, 1.807) is 19.0 Å². The summed E-state index contributed by atoms with van der Waals surface area (Å²) in [5.74, 6) is -1.25. The molecule has 0 bridgehead atoms. The third-order valence-electron chi connectivity index (χ3n) is 1.34. The molecular formula is C9H10F2N2. The molecule has 4 heteroatoms. The molecule has 0 fully saturated rings. The molecule has 0 aliphatic heterocycles. The topological polar surface area (TPSA) is 15.6 Å². The van der Waals surface area contributed by atoms with Crippen LogP contribution in [-0.2, 0) is 0 Å². The van der Waals surface area contributed by atoms with Crippen molar-refractivity contribution < 1.29 is 8.78 Å². The fourth-order valence-corrected chi connectivity index (χ4v) is 0.764. The van der Waals surface area contributed by atoms with Crippen LogP contribution in [0.3, 0.4) is 0 Å². The summed E-state index contributed by atoms with van der Waals surface area (Å²) in [5.41, 5.74) is 0.134. The standard InChI is InChI=1S/C9H10F2N2/c1-13(2)6-12-9-4-3-7(10)5-8(9)11/h3-6H,1-2H3. The quantitative estimate of drug-likeness (QED) is 0.508. The third-order valence-corrected chi connectivity index (χ3v) is 1.34. The lowest BCUT2D eigenvalue weighted by Gasteiger charge is -2.02. The summed E-state index contributed by atoms with van der Waals surface area (Å²) >= 11 is 0. The van der Waals surface area contributed by atoms with Crippen molar-refractivity contribution in [2.45, 2.75) is 0 Å². The van der Waals surface area contributed by atoms with Gasteiger partial charge in [-0.05, 0) is 12.1 Å². The number of benzene rings is 1. The first-order valence-corrected chi connectivity index (χ1v) is 3.75. The van der Waals surface area contributed by atoms with Gasteiger partial charge in [-0.2, -0.15) is 0 Å². The molecule has 0 N–H and O–H groups in total. The first-order chi connectivity index (χ1) is 6.09. The maximum atomic E-state index is 12.9. The molecule has 0 unspecified atom stereocenters. The van der Waals surface area contributed by atoms with Gasteiger partial charge in [0.1, 0.15) is 11.5 Å². The lowest BCUT2D eigenvalue weighted by atomic mass is 10.3. The molecule has 0 aliphatic carbocycles. The number of hydrogen-bond donors (Lipinski definition) is 0. The van der Waals surface area contributed by atoms with Crippen molar-refractivity contribution in [2.24, 2.45) is 4.99 Å². The Kier molecular flexibility index (Phi) is 2.95. The van der Waals surface area contributed by atoms with Gasteiger partial charge in [0.2, 0.25) is 0 Å². The smallest absolute Gasteiger partial charge is 0.151 e. The minimum atomic E-state index is -0.655. The summed E-state index contributed by atoms with van der Waals surface area (Å²) in [6.07, 6.45) is 1.45. The SMILES string of the molecule is CN(C)C=Nc1ccc(F)cc1F. The molecule has 1 aromatic carbocycles. The van der Waals surface area contributed by atoms with E-state index in [-0.39, 0.29) is 5.69 Å². The zero-order chi connectivity index (χ0) is 9.84. The highest BCUT2D eigenvalue weighted by atomic mass is 19.1. The normalized spacial score (nSPS) is 10.8. The van der Waals surface area contributed by atoms with Gasteiger partial charge in [-0.1, -0.05) is 0 Å². The van der Waals surface area contributed by atoms with E-state index >= 15 is 0 Å². The van der Waals surface area contributed by atoms with E-state index in [1.165, 1.54) is 18.5 Å². The fourth-order valence-electron chi connectivity index (χ4n) is 0.764. The zero-order valence-corrected chi connectivity index (χ0v) is 7.46. The molecule has 0 aliphatic rings. The van der Waals surface area contributed by atoms with Gasteiger partial charge < -0.3 is 4.90 Å². The monoisotopic (exact) mass is 184 g/mol. The lowest BCUT2D eigenvalue weighted by molar-refractivity contribution is 0.584. The molecule has 1 aromatic rings. The van der Waals surface area contributed by atoms with E-state index in [4.69, 9.17) is 0 Å². The molecule has 2 nitrogen and oxygen atoms in total. The zero-order valence-electron chi connectivity index (χ0n) is 7.46. The summed E-state index contributed by atoms with van der Waals surface area (Å²) in [7, 11) is 3.54. The molecule has 1 rings (SSSR count). The van der Waals surface area contributed by atoms with E-state index < -0.39 is 11.6 Å². The number of nitrogens with zero attached hydrogens (tertiary/aromatic N) is 2. The Morgan fingerprint density at radius 2 is 2.00 bits per heavy atom. The highest BCUT2D eigenvalue weighted by Crippen LogP contribution is 2.17. The van der Waals surface area contributed by atoms with Crippen molar-refractivity contribution >= 4 is 12.0 Å². The van der Waals surface area contributed by atoms with Gasteiger partial charge in [-0.3, -0.25) is 0 Å². The Morgan fingerprint density at radius 1 is 1.31 bits per heavy atom. The van der Waals surface area contributed by atoms with Crippen LogP contribution in [0.4, 0.5) is 14.5 Å². The van der Waals surface area contributed by atoms with Crippen molar-refractivity contribution in [3.05, 3.63) is 29.8 Å². The van der Waals surface area contributed by atoms with Crippen LogP contribution in [0.1, 0.15) is 0 Å². The van der Waals surface area contributed by atoms with E-state index in [2.05, 4.69) is 4.99 Å². The van der Waals surface area contributed by atoms with Crippen molar-refractivity contribution in [1.82, 2.24) is 4.90 Å². The van der Waals surface area contributed by atoms with Gasteiger partial charge in [-0.15, -0.1) is 0 Å². The van der Waals surface area contributed by atoms with Crippen LogP contribution in [0.2, 0.25) is 0 Å². The van der Waals surface area contributed by atoms with E-state index in [9.17, 15) is 8.78 Å². The van der Waals surface area contributed by atoms with Crippen LogP contribution in [0.25, 0.3) is 0 Å². The summed E-state index contributed by atoms with van der Waals surface area (Å²) < 4.78 is 25.4. The largest absolute Gasteiger partial charge is 0.369 e. The predicted octanol–water partition coefficient (Wildman–Crippen LogP) is 2.19. The third kappa shape index (κ3) is 2.82. The highest BCUT2D eigenvalue weighted by Gasteiger charge is 2.00. The lowest BCUT2D eigenvalue weighted by Crippen LogP contribution is -2.07. The summed E-state index contributed by atoms with van der Waals surface area (Å²) in [6, 6.07) is 3.28. The summed E-state index contributed by atoms with van der Waals surface area (Å²) in [5, 5.41) is 0. The van der Waals surface area contributed by atoms with Crippen molar-refractivity contribution in [1.29, 1.82) is 0 Å². The average Bonchev–Trinajstić information content (AvgIpc) is 2.02. The summed E-state index contributed by atoms with van der Waals surface area (Å²) in [6.45, 7) is 0. The molecule has 0 spiro atoms. The van der Waals surface area contributed by atoms with Crippen molar-refractivity contribution in [2.75, 3.05) is 14.1 Å². The van der Waals surface area contributed by atoms with Crippen LogP contribution < -0.4 is 0 Å². The molecular weight excluding hydrogens is 174 g/mol. The maximum Gasteiger partial charge on any atom is 0.151 e. The Morgan fingerprint density at radius 3 is 2.54 bits per heavy atom. The van der Waals surface area contributed by atoms with Gasteiger partial charge in [0.05, 0.1) is 6.34 Å². The molecule has 0 heterocycles. The van der Waals surface area contributed by atoms with E-state index in [1.807, 2.05) is 0 Å². The highest BCUT2D eigenvalue weighted by molar-refractivity contribution is 5.60. The molecule has 0 saturated carbocycles. The second-order valence-corrected chi connectivity index (χ2v) is 2.80. The second-order valence-electron chi connectivity index (χ2n) is 2.80.